The van der Waals surface area contributed by atoms with E-state index in [2.05, 4.69) is 11.8 Å². The molecule has 2 rings (SSSR count). The molecule has 0 spiro atoms. The average molecular weight is 328 g/mol. The first kappa shape index (κ1) is 17.4. The first-order valence-corrected chi connectivity index (χ1v) is 9.46. The van der Waals surface area contributed by atoms with Crippen molar-refractivity contribution in [3.8, 4) is 0 Å². The summed E-state index contributed by atoms with van der Waals surface area (Å²) >= 11 is 0. The van der Waals surface area contributed by atoms with Crippen molar-refractivity contribution in [3.05, 3.63) is 30.1 Å². The molecule has 1 heterocycles. The molecule has 124 valence electrons. The van der Waals surface area contributed by atoms with Crippen LogP contribution in [0.5, 0.6) is 0 Å². The Balaban J connectivity index is 1.90. The highest BCUT2D eigenvalue weighted by Gasteiger charge is 2.30. The average Bonchev–Trinajstić information content (AvgIpc) is 2.52. The standard InChI is InChI=1S/C16H25FN2O2S/c1-2-3-4-7-10-18-11-13-19(14-12-18)22(20,21)16-9-6-5-8-15(16)17/h5-6,8-9H,2-4,7,10-14H2,1H3. The number of benzene rings is 1. The van der Waals surface area contributed by atoms with Crippen LogP contribution < -0.4 is 0 Å². The van der Waals surface area contributed by atoms with Crippen LogP contribution in [-0.4, -0.2) is 50.3 Å². The molecule has 4 nitrogen and oxygen atoms in total. The van der Waals surface area contributed by atoms with Gasteiger partial charge >= 0.3 is 0 Å². The summed E-state index contributed by atoms with van der Waals surface area (Å²) in [6.07, 6.45) is 4.86. The second kappa shape index (κ2) is 8.04. The largest absolute Gasteiger partial charge is 0.301 e. The van der Waals surface area contributed by atoms with Crippen molar-refractivity contribution in [1.29, 1.82) is 0 Å². The first-order valence-electron chi connectivity index (χ1n) is 8.02. The third-order valence-corrected chi connectivity index (χ3v) is 6.05. The Morgan fingerprint density at radius 1 is 1.05 bits per heavy atom. The number of halogens is 1. The number of nitrogens with zero attached hydrogens (tertiary/aromatic N) is 2. The lowest BCUT2D eigenvalue weighted by molar-refractivity contribution is 0.185. The van der Waals surface area contributed by atoms with Crippen LogP contribution in [0.4, 0.5) is 4.39 Å². The maximum Gasteiger partial charge on any atom is 0.246 e. The normalized spacial score (nSPS) is 17.7. The maximum atomic E-state index is 13.7. The molecule has 0 saturated carbocycles. The summed E-state index contributed by atoms with van der Waals surface area (Å²) < 4.78 is 40.1. The first-order chi connectivity index (χ1) is 10.6. The number of sulfonamides is 1. The highest BCUT2D eigenvalue weighted by Crippen LogP contribution is 2.20. The zero-order chi connectivity index (χ0) is 16.0. The van der Waals surface area contributed by atoms with Crippen LogP contribution in [0.25, 0.3) is 0 Å². The van der Waals surface area contributed by atoms with Crippen molar-refractivity contribution in [3.63, 3.8) is 0 Å². The summed E-state index contributed by atoms with van der Waals surface area (Å²) in [5.74, 6) is -0.676. The molecule has 1 aromatic rings. The van der Waals surface area contributed by atoms with Crippen molar-refractivity contribution in [2.24, 2.45) is 0 Å². The molecule has 0 bridgehead atoms. The predicted molar refractivity (Wildman–Crippen MR) is 85.7 cm³/mol. The SMILES string of the molecule is CCCCCCN1CCN(S(=O)(=O)c2ccccc2F)CC1. The van der Waals surface area contributed by atoms with Gasteiger partial charge in [0.05, 0.1) is 0 Å². The highest BCUT2D eigenvalue weighted by atomic mass is 32.2. The molecular weight excluding hydrogens is 303 g/mol. The molecule has 1 aromatic carbocycles. The van der Waals surface area contributed by atoms with E-state index >= 15 is 0 Å². The van der Waals surface area contributed by atoms with Gasteiger partial charge in [0.25, 0.3) is 0 Å². The molecule has 0 N–H and O–H groups in total. The van der Waals surface area contributed by atoms with Crippen LogP contribution in [0.1, 0.15) is 32.6 Å². The van der Waals surface area contributed by atoms with Gasteiger partial charge in [-0.15, -0.1) is 0 Å². The van der Waals surface area contributed by atoms with Gasteiger partial charge in [-0.3, -0.25) is 0 Å². The minimum absolute atomic E-state index is 0.216. The van der Waals surface area contributed by atoms with E-state index in [1.165, 1.54) is 41.8 Å². The lowest BCUT2D eigenvalue weighted by Gasteiger charge is -2.34. The molecule has 0 amide bonds. The molecule has 1 aliphatic rings. The summed E-state index contributed by atoms with van der Waals surface area (Å²) in [4.78, 5) is 2.08. The van der Waals surface area contributed by atoms with E-state index in [9.17, 15) is 12.8 Å². The molecule has 1 aliphatic heterocycles. The third kappa shape index (κ3) is 4.27. The number of unbranched alkanes of at least 4 members (excludes halogenated alkanes) is 3. The molecule has 0 unspecified atom stereocenters. The Kier molecular flexibility index (Phi) is 6.35. The fourth-order valence-corrected chi connectivity index (χ4v) is 4.24. The Morgan fingerprint density at radius 2 is 1.73 bits per heavy atom. The van der Waals surface area contributed by atoms with Crippen LogP contribution in [0.2, 0.25) is 0 Å². The summed E-state index contributed by atoms with van der Waals surface area (Å²) in [6.45, 7) is 5.52. The van der Waals surface area contributed by atoms with Crippen LogP contribution in [0, 0.1) is 5.82 Å². The molecule has 0 radical (unpaired) electrons. The second-order valence-corrected chi connectivity index (χ2v) is 7.64. The number of hydrogen-bond donors (Lipinski definition) is 0. The van der Waals surface area contributed by atoms with E-state index in [0.717, 1.165) is 26.1 Å². The van der Waals surface area contributed by atoms with E-state index in [4.69, 9.17) is 0 Å². The highest BCUT2D eigenvalue weighted by molar-refractivity contribution is 7.89. The molecule has 6 heteroatoms. The Bertz CT molecular complexity index is 569. The fourth-order valence-electron chi connectivity index (χ4n) is 2.75. The summed E-state index contributed by atoms with van der Waals surface area (Å²) in [5.41, 5.74) is 0. The summed E-state index contributed by atoms with van der Waals surface area (Å²) in [6, 6.07) is 5.58. The molecule has 22 heavy (non-hydrogen) atoms. The van der Waals surface area contributed by atoms with Crippen molar-refractivity contribution in [2.75, 3.05) is 32.7 Å². The van der Waals surface area contributed by atoms with Crippen molar-refractivity contribution < 1.29 is 12.8 Å². The molecule has 0 atom stereocenters. The van der Waals surface area contributed by atoms with Gasteiger partial charge < -0.3 is 4.90 Å². The molecular formula is C16H25FN2O2S. The predicted octanol–water partition coefficient (Wildman–Crippen LogP) is 2.71. The smallest absolute Gasteiger partial charge is 0.246 e. The Hall–Kier alpha value is -0.980. The van der Waals surface area contributed by atoms with Crippen molar-refractivity contribution >= 4 is 10.0 Å². The number of hydrogen-bond acceptors (Lipinski definition) is 3. The summed E-state index contributed by atoms with van der Waals surface area (Å²) in [7, 11) is -3.71. The van der Waals surface area contributed by atoms with Crippen LogP contribution in [0.15, 0.2) is 29.2 Å². The molecule has 0 aromatic heterocycles. The van der Waals surface area contributed by atoms with E-state index in [0.29, 0.717) is 13.1 Å². The Morgan fingerprint density at radius 3 is 2.36 bits per heavy atom. The van der Waals surface area contributed by atoms with E-state index < -0.39 is 15.8 Å². The second-order valence-electron chi connectivity index (χ2n) is 5.74. The van der Waals surface area contributed by atoms with Crippen LogP contribution in [-0.2, 0) is 10.0 Å². The molecule has 0 aliphatic carbocycles. The van der Waals surface area contributed by atoms with Gasteiger partial charge in [0.15, 0.2) is 0 Å². The van der Waals surface area contributed by atoms with Gasteiger partial charge in [0, 0.05) is 26.2 Å². The Labute approximate surface area is 133 Å². The van der Waals surface area contributed by atoms with Gasteiger partial charge in [-0.25, -0.2) is 12.8 Å². The monoisotopic (exact) mass is 328 g/mol. The van der Waals surface area contributed by atoms with Gasteiger partial charge in [0.1, 0.15) is 10.7 Å². The maximum absolute atomic E-state index is 13.7. The van der Waals surface area contributed by atoms with E-state index in [1.54, 1.807) is 6.07 Å². The van der Waals surface area contributed by atoms with Crippen LogP contribution >= 0.6 is 0 Å². The van der Waals surface area contributed by atoms with Gasteiger partial charge in [0.2, 0.25) is 10.0 Å². The number of piperazine rings is 1. The van der Waals surface area contributed by atoms with Crippen molar-refractivity contribution in [1.82, 2.24) is 9.21 Å². The van der Waals surface area contributed by atoms with E-state index in [1.807, 2.05) is 0 Å². The third-order valence-electron chi connectivity index (χ3n) is 4.11. The molecule has 1 fully saturated rings. The lowest BCUT2D eigenvalue weighted by atomic mass is 10.2. The quantitative estimate of drug-likeness (QED) is 0.723. The minimum Gasteiger partial charge on any atom is -0.301 e. The van der Waals surface area contributed by atoms with E-state index in [-0.39, 0.29) is 4.90 Å². The van der Waals surface area contributed by atoms with Crippen LogP contribution in [0.3, 0.4) is 0 Å². The fraction of sp³-hybridized carbons (Fsp3) is 0.625. The topological polar surface area (TPSA) is 40.6 Å². The van der Waals surface area contributed by atoms with Gasteiger partial charge in [-0.1, -0.05) is 38.3 Å². The number of rotatable bonds is 7. The zero-order valence-corrected chi connectivity index (χ0v) is 14.0. The lowest BCUT2D eigenvalue weighted by Crippen LogP contribution is -2.48. The van der Waals surface area contributed by atoms with Gasteiger partial charge in [-0.2, -0.15) is 4.31 Å². The minimum atomic E-state index is -3.71. The van der Waals surface area contributed by atoms with Crippen molar-refractivity contribution in [2.45, 2.75) is 37.5 Å². The zero-order valence-electron chi connectivity index (χ0n) is 13.2. The summed E-state index contributed by atoms with van der Waals surface area (Å²) in [5, 5.41) is 0. The van der Waals surface area contributed by atoms with Gasteiger partial charge in [-0.05, 0) is 25.1 Å². The molecule has 1 saturated heterocycles.